The number of carbonyl (C=O) groups excluding carboxylic acids is 2. The number of hydrogen-bond donors (Lipinski definition) is 2. The van der Waals surface area contributed by atoms with E-state index in [2.05, 4.69) is 9.98 Å². The molecule has 0 aromatic rings. The summed E-state index contributed by atoms with van der Waals surface area (Å²) in [6.07, 6.45) is 1.39. The Labute approximate surface area is 83.0 Å². The number of carboxylic acid groups (broad SMARTS) is 2. The average Bonchev–Trinajstić information content (AvgIpc) is 2.15. The van der Waals surface area contributed by atoms with Crippen molar-refractivity contribution in [2.45, 2.75) is 18.5 Å². The van der Waals surface area contributed by atoms with Crippen LogP contribution in [-0.2, 0) is 19.2 Å². The van der Waals surface area contributed by atoms with E-state index in [-0.39, 0.29) is 0 Å². The van der Waals surface area contributed by atoms with Crippen LogP contribution in [0.2, 0.25) is 0 Å². The lowest BCUT2D eigenvalue weighted by molar-refractivity contribution is -0.140. The molecule has 0 aliphatic carbocycles. The van der Waals surface area contributed by atoms with Gasteiger partial charge in [-0.2, -0.15) is 9.98 Å². The van der Waals surface area contributed by atoms with Crippen LogP contribution in [0.25, 0.3) is 0 Å². The Morgan fingerprint density at radius 3 is 1.53 bits per heavy atom. The molecule has 0 bridgehead atoms. The Bertz CT molecular complexity index is 314. The van der Waals surface area contributed by atoms with Crippen molar-refractivity contribution in [1.82, 2.24) is 0 Å². The van der Waals surface area contributed by atoms with Crippen molar-refractivity contribution in [3.8, 4) is 0 Å². The third-order valence-electron chi connectivity index (χ3n) is 1.43. The maximum atomic E-state index is 10.4. The molecular weight excluding hydrogens is 208 g/mol. The highest BCUT2D eigenvalue weighted by molar-refractivity contribution is 5.79. The predicted octanol–water partition coefficient (Wildman–Crippen LogP) is -1.05. The highest BCUT2D eigenvalue weighted by Gasteiger charge is 2.26. The topological polar surface area (TPSA) is 133 Å². The molecule has 0 amide bonds. The van der Waals surface area contributed by atoms with Gasteiger partial charge in [0.15, 0.2) is 12.1 Å². The number of isocyanates is 2. The number of aliphatic imine (C=N–C) groups is 2. The quantitative estimate of drug-likeness (QED) is 0.428. The van der Waals surface area contributed by atoms with E-state index in [1.807, 2.05) is 0 Å². The van der Waals surface area contributed by atoms with Crippen molar-refractivity contribution in [1.29, 1.82) is 0 Å². The van der Waals surface area contributed by atoms with Crippen LogP contribution >= 0.6 is 0 Å². The molecule has 2 N–H and O–H groups in total. The van der Waals surface area contributed by atoms with Crippen molar-refractivity contribution < 1.29 is 29.4 Å². The maximum Gasteiger partial charge on any atom is 0.329 e. The van der Waals surface area contributed by atoms with E-state index >= 15 is 0 Å². The summed E-state index contributed by atoms with van der Waals surface area (Å²) in [6, 6.07) is -3.17. The van der Waals surface area contributed by atoms with Crippen molar-refractivity contribution >= 4 is 24.1 Å². The number of carboxylic acids is 2. The Balaban J connectivity index is 4.75. The third kappa shape index (κ3) is 4.47. The first kappa shape index (κ1) is 12.7. The van der Waals surface area contributed by atoms with Crippen LogP contribution in [0.4, 0.5) is 0 Å². The zero-order valence-corrected chi connectivity index (χ0v) is 7.28. The minimum absolute atomic E-state index is 0.602. The van der Waals surface area contributed by atoms with E-state index in [0.717, 1.165) is 12.2 Å². The molecule has 8 heteroatoms. The first-order valence-corrected chi connectivity index (χ1v) is 3.62. The van der Waals surface area contributed by atoms with Gasteiger partial charge in [0.1, 0.15) is 0 Å². The summed E-state index contributed by atoms with van der Waals surface area (Å²) < 4.78 is 0. The molecule has 0 rings (SSSR count). The zero-order valence-electron chi connectivity index (χ0n) is 7.28. The van der Waals surface area contributed by atoms with Gasteiger partial charge in [0.05, 0.1) is 0 Å². The van der Waals surface area contributed by atoms with Crippen LogP contribution < -0.4 is 0 Å². The van der Waals surface area contributed by atoms with Gasteiger partial charge in [0, 0.05) is 6.42 Å². The van der Waals surface area contributed by atoms with Gasteiger partial charge in [0.25, 0.3) is 0 Å². The Hall–Kier alpha value is -2.30. The van der Waals surface area contributed by atoms with Crippen molar-refractivity contribution in [2.75, 3.05) is 0 Å². The minimum atomic E-state index is -1.58. The van der Waals surface area contributed by atoms with E-state index in [9.17, 15) is 19.2 Å². The molecule has 2 atom stereocenters. The molecule has 80 valence electrons. The molecule has 0 aromatic carbocycles. The molecule has 0 aliphatic heterocycles. The van der Waals surface area contributed by atoms with E-state index in [0.29, 0.717) is 0 Å². The second-order valence-corrected chi connectivity index (χ2v) is 2.38. The predicted molar refractivity (Wildman–Crippen MR) is 43.7 cm³/mol. The van der Waals surface area contributed by atoms with Crippen molar-refractivity contribution in [2.24, 2.45) is 9.98 Å². The second-order valence-electron chi connectivity index (χ2n) is 2.38. The summed E-state index contributed by atoms with van der Waals surface area (Å²) in [7, 11) is 0. The lowest BCUT2D eigenvalue weighted by Crippen LogP contribution is -2.28. The normalized spacial score (nSPS) is 12.8. The van der Waals surface area contributed by atoms with Crippen molar-refractivity contribution in [3.05, 3.63) is 0 Å². The highest BCUT2D eigenvalue weighted by atomic mass is 16.4. The Morgan fingerprint density at radius 1 is 1.00 bits per heavy atom. The summed E-state index contributed by atoms with van der Waals surface area (Å²) in [6.45, 7) is 0. The van der Waals surface area contributed by atoms with E-state index in [1.165, 1.54) is 0 Å². The maximum absolute atomic E-state index is 10.4. The molecule has 2 unspecified atom stereocenters. The fraction of sp³-hybridized carbons (Fsp3) is 0.429. The Morgan fingerprint density at radius 2 is 1.33 bits per heavy atom. The molecular formula is C7H6N2O6. The SMILES string of the molecule is O=C=NC(CC(N=C=O)C(=O)O)C(=O)O. The molecule has 0 saturated carbocycles. The molecule has 8 nitrogen and oxygen atoms in total. The lowest BCUT2D eigenvalue weighted by atomic mass is 10.1. The summed E-state index contributed by atoms with van der Waals surface area (Å²) in [5, 5.41) is 17.0. The van der Waals surface area contributed by atoms with Crippen LogP contribution in [0.5, 0.6) is 0 Å². The van der Waals surface area contributed by atoms with Gasteiger partial charge in [0.2, 0.25) is 12.2 Å². The molecule has 0 spiro atoms. The summed E-state index contributed by atoms with van der Waals surface area (Å²) in [5.74, 6) is -2.99. The smallest absolute Gasteiger partial charge is 0.329 e. The number of nitrogens with zero attached hydrogens (tertiary/aromatic N) is 2. The highest BCUT2D eigenvalue weighted by Crippen LogP contribution is 2.06. The fourth-order valence-electron chi connectivity index (χ4n) is 0.756. The van der Waals surface area contributed by atoms with Crippen molar-refractivity contribution in [3.63, 3.8) is 0 Å². The van der Waals surface area contributed by atoms with E-state index < -0.39 is 30.4 Å². The number of aliphatic carboxylic acids is 2. The van der Waals surface area contributed by atoms with Gasteiger partial charge in [-0.1, -0.05) is 0 Å². The van der Waals surface area contributed by atoms with Crippen LogP contribution in [0, 0.1) is 0 Å². The first-order valence-electron chi connectivity index (χ1n) is 3.62. The van der Waals surface area contributed by atoms with Gasteiger partial charge in [-0.3, -0.25) is 0 Å². The molecule has 15 heavy (non-hydrogen) atoms. The van der Waals surface area contributed by atoms with Gasteiger partial charge < -0.3 is 10.2 Å². The molecule has 0 saturated heterocycles. The summed E-state index contributed by atoms with van der Waals surface area (Å²) >= 11 is 0. The largest absolute Gasteiger partial charge is 0.480 e. The standard InChI is InChI=1S/C7H6N2O6/c10-2-8-4(6(12)13)1-5(7(14)15)9-3-11/h4-5H,1H2,(H,12,13)(H,14,15). The fourth-order valence-corrected chi connectivity index (χ4v) is 0.756. The molecule has 0 radical (unpaired) electrons. The van der Waals surface area contributed by atoms with Crippen LogP contribution in [0.3, 0.4) is 0 Å². The van der Waals surface area contributed by atoms with Gasteiger partial charge in [-0.25, -0.2) is 19.2 Å². The van der Waals surface area contributed by atoms with E-state index in [1.54, 1.807) is 0 Å². The second kappa shape index (κ2) is 6.20. The number of hydrogen-bond acceptors (Lipinski definition) is 6. The third-order valence-corrected chi connectivity index (χ3v) is 1.43. The lowest BCUT2D eigenvalue weighted by Gasteiger charge is -2.07. The molecule has 0 fully saturated rings. The van der Waals surface area contributed by atoms with E-state index in [4.69, 9.17) is 10.2 Å². The number of carbonyl (C=O) groups is 2. The molecule has 0 aliphatic rings. The average molecular weight is 214 g/mol. The Kier molecular flexibility index (Phi) is 5.25. The molecule has 0 aromatic heterocycles. The van der Waals surface area contributed by atoms with Gasteiger partial charge in [-0.05, 0) is 0 Å². The van der Waals surface area contributed by atoms with Gasteiger partial charge >= 0.3 is 11.9 Å². The van der Waals surface area contributed by atoms with Crippen LogP contribution in [0.15, 0.2) is 9.98 Å². The minimum Gasteiger partial charge on any atom is -0.480 e. The summed E-state index contributed by atoms with van der Waals surface area (Å²) in [5.41, 5.74) is 0. The summed E-state index contributed by atoms with van der Waals surface area (Å²) in [4.78, 5) is 46.3. The van der Waals surface area contributed by atoms with Gasteiger partial charge in [-0.15, -0.1) is 0 Å². The van der Waals surface area contributed by atoms with Crippen LogP contribution in [0.1, 0.15) is 6.42 Å². The monoisotopic (exact) mass is 214 g/mol. The number of rotatable bonds is 6. The zero-order chi connectivity index (χ0) is 11.8. The van der Waals surface area contributed by atoms with Crippen LogP contribution in [-0.4, -0.2) is 46.4 Å². The first-order chi connectivity index (χ1) is 7.02. The molecule has 0 heterocycles.